The lowest BCUT2D eigenvalue weighted by Crippen LogP contribution is -2.28. The molecule has 1 saturated carbocycles. The van der Waals surface area contributed by atoms with Gasteiger partial charge < -0.3 is 10.4 Å². The van der Waals surface area contributed by atoms with Crippen LogP contribution in [0.5, 0.6) is 0 Å². The van der Waals surface area contributed by atoms with E-state index >= 15 is 0 Å². The number of nitrogens with one attached hydrogen (secondary N) is 1. The number of halogens is 1. The summed E-state index contributed by atoms with van der Waals surface area (Å²) in [6.45, 7) is 0. The lowest BCUT2D eigenvalue weighted by Gasteiger charge is -2.17. The zero-order valence-corrected chi connectivity index (χ0v) is 8.41. The minimum Gasteiger partial charge on any atom is -0.391 e. The van der Waals surface area contributed by atoms with E-state index in [-0.39, 0.29) is 12.1 Å². The average molecular weight is 214 g/mol. The molecule has 2 rings (SSSR count). The summed E-state index contributed by atoms with van der Waals surface area (Å²) in [7, 11) is 0. The first-order chi connectivity index (χ1) is 6.77. The van der Waals surface area contributed by atoms with Crippen molar-refractivity contribution in [1.82, 2.24) is 9.97 Å². The number of aromatic nitrogens is 2. The third kappa shape index (κ3) is 1.96. The molecule has 0 aromatic carbocycles. The smallest absolute Gasteiger partial charge is 0.148 e. The Bertz CT molecular complexity index is 321. The molecule has 2 unspecified atom stereocenters. The van der Waals surface area contributed by atoms with Crippen LogP contribution >= 0.6 is 11.6 Å². The molecule has 14 heavy (non-hydrogen) atoms. The predicted molar refractivity (Wildman–Crippen MR) is 54.3 cm³/mol. The van der Waals surface area contributed by atoms with Crippen LogP contribution in [0, 0.1) is 0 Å². The van der Waals surface area contributed by atoms with Gasteiger partial charge in [0.1, 0.15) is 17.2 Å². The number of hydrogen-bond donors (Lipinski definition) is 2. The van der Waals surface area contributed by atoms with Gasteiger partial charge in [0.25, 0.3) is 0 Å². The van der Waals surface area contributed by atoms with Crippen molar-refractivity contribution in [3.05, 3.63) is 17.5 Å². The van der Waals surface area contributed by atoms with Crippen LogP contribution in [0.25, 0.3) is 0 Å². The van der Waals surface area contributed by atoms with E-state index < -0.39 is 0 Å². The molecule has 0 spiro atoms. The highest BCUT2D eigenvalue weighted by atomic mass is 35.5. The fraction of sp³-hybridized carbons (Fsp3) is 0.556. The number of aliphatic hydroxyl groups is 1. The van der Waals surface area contributed by atoms with E-state index in [1.165, 1.54) is 12.5 Å². The van der Waals surface area contributed by atoms with Gasteiger partial charge in [-0.15, -0.1) is 0 Å². The molecule has 1 aromatic heterocycles. The van der Waals surface area contributed by atoms with E-state index in [1.54, 1.807) is 0 Å². The van der Waals surface area contributed by atoms with E-state index in [9.17, 15) is 5.11 Å². The Kier molecular flexibility index (Phi) is 2.84. The quantitative estimate of drug-likeness (QED) is 0.781. The summed E-state index contributed by atoms with van der Waals surface area (Å²) >= 11 is 5.88. The normalized spacial score (nSPS) is 26.4. The molecule has 1 aliphatic rings. The highest BCUT2D eigenvalue weighted by Crippen LogP contribution is 2.24. The Hall–Kier alpha value is -0.870. The van der Waals surface area contributed by atoms with Crippen molar-refractivity contribution in [1.29, 1.82) is 0 Å². The maximum Gasteiger partial charge on any atom is 0.148 e. The molecule has 0 amide bonds. The molecule has 0 bridgehead atoms. The van der Waals surface area contributed by atoms with Crippen LogP contribution in [0.2, 0.25) is 5.02 Å². The molecule has 1 heterocycles. The molecule has 2 atom stereocenters. The number of aliphatic hydroxyl groups excluding tert-OH is 1. The van der Waals surface area contributed by atoms with Crippen LogP contribution < -0.4 is 5.32 Å². The summed E-state index contributed by atoms with van der Waals surface area (Å²) in [5, 5.41) is 13.2. The minimum absolute atomic E-state index is 0.0717. The van der Waals surface area contributed by atoms with E-state index in [1.807, 2.05) is 0 Å². The summed E-state index contributed by atoms with van der Waals surface area (Å²) in [5.74, 6) is 0.604. The van der Waals surface area contributed by atoms with Gasteiger partial charge in [0.15, 0.2) is 0 Å². The lowest BCUT2D eigenvalue weighted by atomic mass is 10.2. The van der Waals surface area contributed by atoms with Crippen LogP contribution in [0.15, 0.2) is 12.5 Å². The minimum atomic E-state index is -0.291. The number of anilines is 1. The molecule has 2 N–H and O–H groups in total. The Morgan fingerprint density at radius 1 is 1.50 bits per heavy atom. The molecular weight excluding hydrogens is 202 g/mol. The summed E-state index contributed by atoms with van der Waals surface area (Å²) in [5.41, 5.74) is 0. The van der Waals surface area contributed by atoms with Crippen molar-refractivity contribution in [3.63, 3.8) is 0 Å². The Morgan fingerprint density at radius 2 is 2.36 bits per heavy atom. The van der Waals surface area contributed by atoms with Gasteiger partial charge in [0.2, 0.25) is 0 Å². The largest absolute Gasteiger partial charge is 0.391 e. The molecule has 1 aliphatic carbocycles. The molecule has 0 aliphatic heterocycles. The molecule has 5 heteroatoms. The average Bonchev–Trinajstić information content (AvgIpc) is 2.56. The fourth-order valence-electron chi connectivity index (χ4n) is 1.70. The second kappa shape index (κ2) is 4.11. The maximum absolute atomic E-state index is 9.59. The van der Waals surface area contributed by atoms with Crippen molar-refractivity contribution < 1.29 is 5.11 Å². The van der Waals surface area contributed by atoms with E-state index in [0.29, 0.717) is 10.8 Å². The summed E-state index contributed by atoms with van der Waals surface area (Å²) in [6.07, 6.45) is 5.54. The van der Waals surface area contributed by atoms with E-state index in [0.717, 1.165) is 19.3 Å². The van der Waals surface area contributed by atoms with Crippen molar-refractivity contribution in [2.24, 2.45) is 0 Å². The molecule has 4 nitrogen and oxygen atoms in total. The first-order valence-electron chi connectivity index (χ1n) is 4.67. The van der Waals surface area contributed by atoms with Gasteiger partial charge in [-0.1, -0.05) is 11.6 Å². The predicted octanol–water partition coefficient (Wildman–Crippen LogP) is 1.46. The van der Waals surface area contributed by atoms with Crippen molar-refractivity contribution in [2.75, 3.05) is 5.32 Å². The third-order valence-electron chi connectivity index (χ3n) is 2.47. The first-order valence-corrected chi connectivity index (χ1v) is 5.05. The van der Waals surface area contributed by atoms with Crippen molar-refractivity contribution >= 4 is 17.4 Å². The second-order valence-electron chi connectivity index (χ2n) is 3.47. The standard InChI is InChI=1S/C9H12ClN3O/c10-6-4-11-5-12-9(6)13-7-2-1-3-8(7)14/h4-5,7-8,14H,1-3H2,(H,11,12,13). The van der Waals surface area contributed by atoms with Crippen LogP contribution in [0.4, 0.5) is 5.82 Å². The molecule has 76 valence electrons. The monoisotopic (exact) mass is 213 g/mol. The maximum atomic E-state index is 9.59. The lowest BCUT2D eigenvalue weighted by molar-refractivity contribution is 0.171. The van der Waals surface area contributed by atoms with Crippen molar-refractivity contribution in [3.8, 4) is 0 Å². The van der Waals surface area contributed by atoms with Crippen LogP contribution in [0.1, 0.15) is 19.3 Å². The second-order valence-corrected chi connectivity index (χ2v) is 3.88. The third-order valence-corrected chi connectivity index (χ3v) is 2.75. The van der Waals surface area contributed by atoms with Gasteiger partial charge in [0, 0.05) is 0 Å². The van der Waals surface area contributed by atoms with Gasteiger partial charge in [-0.2, -0.15) is 0 Å². The Labute approximate surface area is 87.3 Å². The topological polar surface area (TPSA) is 58.0 Å². The molecule has 1 fully saturated rings. The highest BCUT2D eigenvalue weighted by molar-refractivity contribution is 6.32. The van der Waals surface area contributed by atoms with Gasteiger partial charge in [0.05, 0.1) is 18.3 Å². The Morgan fingerprint density at radius 3 is 3.00 bits per heavy atom. The Balaban J connectivity index is 2.07. The number of nitrogens with zero attached hydrogens (tertiary/aromatic N) is 2. The van der Waals surface area contributed by atoms with E-state index in [4.69, 9.17) is 11.6 Å². The van der Waals surface area contributed by atoms with Crippen molar-refractivity contribution in [2.45, 2.75) is 31.4 Å². The number of rotatable bonds is 2. The SMILES string of the molecule is OC1CCCC1Nc1ncncc1Cl. The fourth-order valence-corrected chi connectivity index (χ4v) is 1.86. The summed E-state index contributed by atoms with van der Waals surface area (Å²) in [4.78, 5) is 7.80. The molecule has 0 radical (unpaired) electrons. The van der Waals surface area contributed by atoms with Gasteiger partial charge in [-0.05, 0) is 19.3 Å². The van der Waals surface area contributed by atoms with Gasteiger partial charge in [-0.25, -0.2) is 9.97 Å². The van der Waals surface area contributed by atoms with Crippen LogP contribution in [0.3, 0.4) is 0 Å². The summed E-state index contributed by atoms with van der Waals surface area (Å²) in [6, 6.07) is 0.0717. The zero-order chi connectivity index (χ0) is 9.97. The zero-order valence-electron chi connectivity index (χ0n) is 7.65. The molecule has 0 saturated heterocycles. The van der Waals surface area contributed by atoms with Crippen LogP contribution in [-0.4, -0.2) is 27.2 Å². The van der Waals surface area contributed by atoms with Gasteiger partial charge >= 0.3 is 0 Å². The molecular formula is C9H12ClN3O. The highest BCUT2D eigenvalue weighted by Gasteiger charge is 2.25. The van der Waals surface area contributed by atoms with Gasteiger partial charge in [-0.3, -0.25) is 0 Å². The molecule has 1 aromatic rings. The van der Waals surface area contributed by atoms with E-state index in [2.05, 4.69) is 15.3 Å². The van der Waals surface area contributed by atoms with Crippen LogP contribution in [-0.2, 0) is 0 Å². The summed E-state index contributed by atoms with van der Waals surface area (Å²) < 4.78 is 0. The first kappa shape index (κ1) is 9.68. The number of hydrogen-bond acceptors (Lipinski definition) is 4.